The summed E-state index contributed by atoms with van der Waals surface area (Å²) in [5, 5.41) is 3.96. The molecule has 1 aliphatic rings. The van der Waals surface area contributed by atoms with Crippen molar-refractivity contribution in [1.82, 2.24) is 10.2 Å². The second-order valence-electron chi connectivity index (χ2n) is 8.58. The summed E-state index contributed by atoms with van der Waals surface area (Å²) in [6.45, 7) is 9.49. The Morgan fingerprint density at radius 3 is 2.80 bits per heavy atom. The van der Waals surface area contributed by atoms with Gasteiger partial charge in [-0.25, -0.2) is 0 Å². The number of carbonyl (C=O) groups is 1. The summed E-state index contributed by atoms with van der Waals surface area (Å²) >= 11 is 0. The molecule has 4 rings (SSSR count). The smallest absolute Gasteiger partial charge is 0.244 e. The lowest BCUT2D eigenvalue weighted by Crippen LogP contribution is -2.38. The van der Waals surface area contributed by atoms with Crippen LogP contribution in [0, 0.1) is 0 Å². The number of carbonyl (C=O) groups excluding carboxylic acids is 1. The third kappa shape index (κ3) is 6.24. The number of methoxy groups -OCH3 is 1. The molecular formula is C28H34N2O5. The summed E-state index contributed by atoms with van der Waals surface area (Å²) in [6.07, 6.45) is 4.30. The number of ether oxygens (including phenoxy) is 3. The normalized spacial score (nSPS) is 14.8. The number of furan rings is 1. The maximum Gasteiger partial charge on any atom is 0.244 e. The Labute approximate surface area is 206 Å². The highest BCUT2D eigenvalue weighted by Gasteiger charge is 2.16. The fraction of sp³-hybridized carbons (Fsp3) is 0.393. The van der Waals surface area contributed by atoms with Crippen LogP contribution < -0.4 is 14.8 Å². The van der Waals surface area contributed by atoms with Crippen molar-refractivity contribution in [3.05, 3.63) is 54.3 Å². The molecule has 35 heavy (non-hydrogen) atoms. The average molecular weight is 479 g/mol. The van der Waals surface area contributed by atoms with Gasteiger partial charge in [0, 0.05) is 48.3 Å². The third-order valence-corrected chi connectivity index (χ3v) is 6.18. The van der Waals surface area contributed by atoms with Crippen LogP contribution in [0.5, 0.6) is 11.5 Å². The minimum Gasteiger partial charge on any atom is -0.497 e. The lowest BCUT2D eigenvalue weighted by molar-refractivity contribution is -0.116. The van der Waals surface area contributed by atoms with Gasteiger partial charge in [-0.05, 0) is 56.1 Å². The van der Waals surface area contributed by atoms with Gasteiger partial charge >= 0.3 is 0 Å². The van der Waals surface area contributed by atoms with Gasteiger partial charge in [0.2, 0.25) is 5.91 Å². The molecule has 1 amide bonds. The predicted octanol–water partition coefficient (Wildman–Crippen LogP) is 4.75. The first-order chi connectivity index (χ1) is 17.1. The molecule has 2 heterocycles. The van der Waals surface area contributed by atoms with Crippen LogP contribution in [0.25, 0.3) is 27.7 Å². The number of nitrogens with zero attached hydrogens (tertiary/aromatic N) is 1. The van der Waals surface area contributed by atoms with E-state index in [-0.39, 0.29) is 5.91 Å². The van der Waals surface area contributed by atoms with E-state index in [1.165, 1.54) is 0 Å². The van der Waals surface area contributed by atoms with Crippen molar-refractivity contribution in [1.29, 1.82) is 0 Å². The Bertz CT molecular complexity index is 1180. The van der Waals surface area contributed by atoms with E-state index < -0.39 is 0 Å². The molecule has 0 spiro atoms. The molecule has 3 aromatic rings. The first-order valence-electron chi connectivity index (χ1n) is 12.2. The monoisotopic (exact) mass is 478 g/mol. The van der Waals surface area contributed by atoms with Gasteiger partial charge < -0.3 is 23.9 Å². The van der Waals surface area contributed by atoms with Crippen LogP contribution in [0.2, 0.25) is 0 Å². The van der Waals surface area contributed by atoms with Crippen LogP contribution in [0.4, 0.5) is 0 Å². The molecule has 186 valence electrons. The Balaban J connectivity index is 1.52. The topological polar surface area (TPSA) is 73.2 Å². The second-order valence-corrected chi connectivity index (χ2v) is 8.58. The van der Waals surface area contributed by atoms with Crippen molar-refractivity contribution in [3.8, 4) is 22.6 Å². The van der Waals surface area contributed by atoms with Gasteiger partial charge in [-0.2, -0.15) is 0 Å². The van der Waals surface area contributed by atoms with Crippen molar-refractivity contribution >= 4 is 22.4 Å². The molecule has 2 aromatic carbocycles. The standard InChI is InChI=1S/C28H34N2O5/c1-4-34-26-18-27-24(25(19-35-27)21-7-5-8-22(16-21)32-3)17-23(26)20(2)15-28(31)29-9-6-10-30-11-13-33-14-12-30/h5,7-8,15-19H,4,6,9-14H2,1-3H3,(H,29,31)/b20-15+. The lowest BCUT2D eigenvalue weighted by atomic mass is 9.99. The van der Waals surface area contributed by atoms with Crippen LogP contribution in [0.3, 0.4) is 0 Å². The molecular weight excluding hydrogens is 444 g/mol. The summed E-state index contributed by atoms with van der Waals surface area (Å²) in [6, 6.07) is 11.8. The first kappa shape index (κ1) is 24.8. The Hall–Kier alpha value is -3.29. The molecule has 0 unspecified atom stereocenters. The highest BCUT2D eigenvalue weighted by Crippen LogP contribution is 2.38. The van der Waals surface area contributed by atoms with Gasteiger partial charge in [0.1, 0.15) is 17.1 Å². The quantitative estimate of drug-likeness (QED) is 0.335. The van der Waals surface area contributed by atoms with Gasteiger partial charge in [-0.1, -0.05) is 12.1 Å². The minimum atomic E-state index is -0.104. The van der Waals surface area contributed by atoms with E-state index in [1.807, 2.05) is 50.2 Å². The molecule has 0 bridgehead atoms. The fourth-order valence-corrected chi connectivity index (χ4v) is 4.32. The van der Waals surface area contributed by atoms with Gasteiger partial charge in [-0.15, -0.1) is 0 Å². The summed E-state index contributed by atoms with van der Waals surface area (Å²) in [5.74, 6) is 1.37. The van der Waals surface area contributed by atoms with Crippen molar-refractivity contribution in [3.63, 3.8) is 0 Å². The van der Waals surface area contributed by atoms with Crippen LogP contribution in [0.15, 0.2) is 53.2 Å². The molecule has 0 saturated carbocycles. The van der Waals surface area contributed by atoms with Crippen molar-refractivity contribution in [2.75, 3.05) is 53.1 Å². The van der Waals surface area contributed by atoms with Gasteiger partial charge in [0.05, 0.1) is 33.2 Å². The molecule has 1 aliphatic heterocycles. The number of hydrogen-bond donors (Lipinski definition) is 1. The second kappa shape index (κ2) is 11.9. The van der Waals surface area contributed by atoms with Gasteiger partial charge in [0.15, 0.2) is 0 Å². The zero-order valence-electron chi connectivity index (χ0n) is 20.8. The molecule has 1 aromatic heterocycles. The van der Waals surface area contributed by atoms with E-state index in [1.54, 1.807) is 19.4 Å². The number of fused-ring (bicyclic) bond motifs is 1. The molecule has 7 nitrogen and oxygen atoms in total. The summed E-state index contributed by atoms with van der Waals surface area (Å²) in [4.78, 5) is 15.0. The maximum atomic E-state index is 12.6. The highest BCUT2D eigenvalue weighted by atomic mass is 16.5. The molecule has 1 saturated heterocycles. The molecule has 0 atom stereocenters. The van der Waals surface area contributed by atoms with Crippen LogP contribution in [-0.4, -0.2) is 63.9 Å². The maximum absolute atomic E-state index is 12.6. The third-order valence-electron chi connectivity index (χ3n) is 6.18. The zero-order valence-corrected chi connectivity index (χ0v) is 20.8. The molecule has 7 heteroatoms. The average Bonchev–Trinajstić information content (AvgIpc) is 3.30. The Kier molecular flexibility index (Phi) is 8.45. The first-order valence-corrected chi connectivity index (χ1v) is 12.2. The fourth-order valence-electron chi connectivity index (χ4n) is 4.32. The summed E-state index contributed by atoms with van der Waals surface area (Å²) in [5.41, 5.74) is 4.39. The minimum absolute atomic E-state index is 0.104. The van der Waals surface area contributed by atoms with E-state index in [9.17, 15) is 4.79 Å². The van der Waals surface area contributed by atoms with E-state index in [0.29, 0.717) is 18.9 Å². The molecule has 0 radical (unpaired) electrons. The highest BCUT2D eigenvalue weighted by molar-refractivity contribution is 6.00. The Morgan fingerprint density at radius 1 is 1.20 bits per heavy atom. The number of hydrogen-bond acceptors (Lipinski definition) is 6. The predicted molar refractivity (Wildman–Crippen MR) is 138 cm³/mol. The number of benzene rings is 2. The van der Waals surface area contributed by atoms with Crippen molar-refractivity contribution in [2.45, 2.75) is 20.3 Å². The SMILES string of the molecule is CCOc1cc2occ(-c3cccc(OC)c3)c2cc1/C(C)=C/C(=O)NCCCN1CCOCC1. The zero-order chi connectivity index (χ0) is 24.6. The van der Waals surface area contributed by atoms with Gasteiger partial charge in [0.25, 0.3) is 0 Å². The van der Waals surface area contributed by atoms with E-state index in [2.05, 4.69) is 10.2 Å². The van der Waals surface area contributed by atoms with Crippen LogP contribution >= 0.6 is 0 Å². The molecule has 1 fully saturated rings. The number of morpholine rings is 1. The summed E-state index contributed by atoms with van der Waals surface area (Å²) in [7, 11) is 1.65. The van der Waals surface area contributed by atoms with Gasteiger partial charge in [-0.3, -0.25) is 9.69 Å². The van der Waals surface area contributed by atoms with E-state index >= 15 is 0 Å². The van der Waals surface area contributed by atoms with E-state index in [0.717, 1.165) is 78.3 Å². The molecule has 0 aliphatic carbocycles. The van der Waals surface area contributed by atoms with Crippen LogP contribution in [0.1, 0.15) is 25.8 Å². The lowest BCUT2D eigenvalue weighted by Gasteiger charge is -2.26. The number of amides is 1. The van der Waals surface area contributed by atoms with E-state index in [4.69, 9.17) is 18.6 Å². The Morgan fingerprint density at radius 2 is 2.03 bits per heavy atom. The van der Waals surface area contributed by atoms with Crippen LogP contribution in [-0.2, 0) is 9.53 Å². The number of allylic oxidation sites excluding steroid dienone is 1. The molecule has 1 N–H and O–H groups in total. The number of nitrogens with one attached hydrogen (secondary N) is 1. The largest absolute Gasteiger partial charge is 0.497 e. The van der Waals surface area contributed by atoms with Crippen molar-refractivity contribution < 1.29 is 23.4 Å². The van der Waals surface area contributed by atoms with Crippen molar-refractivity contribution in [2.24, 2.45) is 0 Å². The number of rotatable bonds is 10. The summed E-state index contributed by atoms with van der Waals surface area (Å²) < 4.78 is 22.5.